The van der Waals surface area contributed by atoms with E-state index in [1.807, 2.05) is 32.1 Å². The standard InChI is InChI=1S/C32H49N3O12S4.3Na/c1-5-6-7-8-19-34-28-16-15-26(48-47-46-36)24-27(28)32(4,18-11-22-50(40,41)42)29(34)13-9-14-30-31(3,17-10-21-49(37,38)39)25(2)33-35(30)20-12-23-51(43,44)45;;;/h9,13-16,24H,5-8,10-12,17-23H2,1-4H3,(H3-,36,37,38,39,40,41,42,43,44,45);;;/q;3*+1/p-3. The van der Waals surface area contributed by atoms with E-state index in [4.69, 9.17) is 0 Å². The fourth-order valence-corrected chi connectivity index (χ4v) is 8.60. The first-order chi connectivity index (χ1) is 23.7. The van der Waals surface area contributed by atoms with Crippen LogP contribution in [0, 0.1) is 5.41 Å². The van der Waals surface area contributed by atoms with Crippen LogP contribution in [0.1, 0.15) is 91.0 Å². The minimum Gasteiger partial charge on any atom is -0.748 e. The molecule has 0 spiro atoms. The number of benzene rings is 1. The minimum atomic E-state index is -4.49. The Hall–Kier alpha value is 0.800. The third-order valence-corrected chi connectivity index (χ3v) is 12.4. The number of allylic oxidation sites excluding steroid dienone is 4. The molecule has 0 aromatic heterocycles. The van der Waals surface area contributed by atoms with E-state index >= 15 is 0 Å². The third-order valence-electron chi connectivity index (χ3n) is 9.43. The van der Waals surface area contributed by atoms with Crippen molar-refractivity contribution < 1.29 is 147 Å². The molecule has 0 amide bonds. The summed E-state index contributed by atoms with van der Waals surface area (Å²) < 4.78 is 110. The van der Waals surface area contributed by atoms with Gasteiger partial charge in [-0.2, -0.15) is 14.0 Å². The molecule has 288 valence electrons. The molecule has 0 N–H and O–H groups in total. The second kappa shape index (κ2) is 24.2. The number of fused-ring (bicyclic) bond motifs is 1. The van der Waals surface area contributed by atoms with Crippen molar-refractivity contribution in [2.24, 2.45) is 10.5 Å². The van der Waals surface area contributed by atoms with Crippen LogP contribution in [0.4, 0.5) is 5.69 Å². The third kappa shape index (κ3) is 16.5. The van der Waals surface area contributed by atoms with Gasteiger partial charge in [0.15, 0.2) is 5.71 Å². The molecule has 2 unspecified atom stereocenters. The van der Waals surface area contributed by atoms with Gasteiger partial charge in [-0.15, -0.1) is 0 Å². The molecule has 0 fully saturated rings. The van der Waals surface area contributed by atoms with E-state index in [0.717, 1.165) is 54.7 Å². The van der Waals surface area contributed by atoms with Crippen molar-refractivity contribution in [3.63, 3.8) is 0 Å². The van der Waals surface area contributed by atoms with Crippen LogP contribution >= 0.6 is 12.0 Å². The molecule has 0 radical (unpaired) electrons. The number of hydrazone groups is 1. The summed E-state index contributed by atoms with van der Waals surface area (Å²) in [5, 5.41) is 20.3. The fourth-order valence-electron chi connectivity index (χ4n) is 6.73. The predicted octanol–water partition coefficient (Wildman–Crippen LogP) is -5.41. The summed E-state index contributed by atoms with van der Waals surface area (Å²) in [6.45, 7) is 8.39. The molecule has 2 atom stereocenters. The molecule has 2 heterocycles. The van der Waals surface area contributed by atoms with Crippen molar-refractivity contribution in [3.8, 4) is 0 Å². The molecular formula is C32H46N3Na3O12S4. The Bertz CT molecular complexity index is 1860. The van der Waals surface area contributed by atoms with Crippen LogP contribution in [0.25, 0.3) is 0 Å². The van der Waals surface area contributed by atoms with E-state index in [9.17, 15) is 44.2 Å². The van der Waals surface area contributed by atoms with E-state index in [0.29, 0.717) is 22.8 Å². The predicted molar refractivity (Wildman–Crippen MR) is 188 cm³/mol. The summed E-state index contributed by atoms with van der Waals surface area (Å²) in [5.41, 5.74) is 2.12. The van der Waals surface area contributed by atoms with Crippen molar-refractivity contribution in [2.75, 3.05) is 30.3 Å². The second-order valence-electron chi connectivity index (χ2n) is 13.2. The zero-order valence-electron chi connectivity index (χ0n) is 32.2. The van der Waals surface area contributed by atoms with Crippen LogP contribution in [-0.4, -0.2) is 90.3 Å². The topological polar surface area (TPSA) is 232 Å². The van der Waals surface area contributed by atoms with Gasteiger partial charge in [-0.05, 0) is 77.5 Å². The van der Waals surface area contributed by atoms with Crippen molar-refractivity contribution in [3.05, 3.63) is 47.7 Å². The van der Waals surface area contributed by atoms with Gasteiger partial charge >= 0.3 is 88.7 Å². The van der Waals surface area contributed by atoms with Crippen molar-refractivity contribution in [1.82, 2.24) is 5.01 Å². The van der Waals surface area contributed by atoms with E-state index < -0.39 is 58.4 Å². The zero-order valence-corrected chi connectivity index (χ0v) is 41.5. The molecule has 0 aliphatic carbocycles. The Labute approximate surface area is 391 Å². The van der Waals surface area contributed by atoms with E-state index in [-0.39, 0.29) is 127 Å². The number of nitrogens with zero attached hydrogens (tertiary/aromatic N) is 3. The first-order valence-electron chi connectivity index (χ1n) is 16.7. The molecule has 1 aromatic rings. The summed E-state index contributed by atoms with van der Waals surface area (Å²) >= 11 is 0.724. The Morgan fingerprint density at radius 1 is 0.852 bits per heavy atom. The number of unbranched alkanes of at least 4 members (excludes halogenated alkanes) is 3. The molecular weight excluding hydrogens is 816 g/mol. The molecule has 0 saturated heterocycles. The maximum atomic E-state index is 11.6. The van der Waals surface area contributed by atoms with Crippen molar-refractivity contribution in [2.45, 2.75) is 95.8 Å². The van der Waals surface area contributed by atoms with Crippen LogP contribution in [0.15, 0.2) is 52.1 Å². The molecule has 15 nitrogen and oxygen atoms in total. The largest absolute Gasteiger partial charge is 1.00 e. The number of rotatable bonds is 22. The summed E-state index contributed by atoms with van der Waals surface area (Å²) in [7, 11) is -13.4. The zero-order chi connectivity index (χ0) is 38.1. The van der Waals surface area contributed by atoms with Gasteiger partial charge < -0.3 is 18.9 Å². The van der Waals surface area contributed by atoms with Gasteiger partial charge in [0, 0.05) is 69.6 Å². The van der Waals surface area contributed by atoms with Crippen LogP contribution in [0.3, 0.4) is 0 Å². The van der Waals surface area contributed by atoms with Crippen molar-refractivity contribution >= 4 is 59.5 Å². The Balaban J connectivity index is 0.00000936. The maximum Gasteiger partial charge on any atom is 1.00 e. The van der Waals surface area contributed by atoms with Gasteiger partial charge in [0.2, 0.25) is 5.69 Å². The first-order valence-corrected chi connectivity index (χ1v) is 22.2. The monoisotopic (exact) mass is 861 g/mol. The summed E-state index contributed by atoms with van der Waals surface area (Å²) in [5.74, 6) is -1.72. The smallest absolute Gasteiger partial charge is 0.748 e. The van der Waals surface area contributed by atoms with Gasteiger partial charge in [0.1, 0.15) is 6.54 Å². The molecule has 22 heteroatoms. The Morgan fingerprint density at radius 3 is 1.98 bits per heavy atom. The average Bonchev–Trinajstić information content (AvgIpc) is 3.38. The second-order valence-corrected chi connectivity index (χ2v) is 18.6. The Kier molecular flexibility index (Phi) is 24.5. The molecule has 1 aromatic carbocycles. The van der Waals surface area contributed by atoms with Crippen LogP contribution in [0.5, 0.6) is 0 Å². The molecule has 2 aliphatic heterocycles. The van der Waals surface area contributed by atoms with Gasteiger partial charge in [0.05, 0.1) is 47.8 Å². The van der Waals surface area contributed by atoms with Crippen LogP contribution in [-0.2, 0) is 45.1 Å². The van der Waals surface area contributed by atoms with Gasteiger partial charge in [-0.1, -0.05) is 25.8 Å². The quantitative estimate of drug-likeness (QED) is 0.0202. The Morgan fingerprint density at radius 2 is 1.43 bits per heavy atom. The molecule has 3 rings (SSSR count). The van der Waals surface area contributed by atoms with E-state index in [1.165, 1.54) is 0 Å². The molecule has 54 heavy (non-hydrogen) atoms. The minimum absolute atomic E-state index is 0. The van der Waals surface area contributed by atoms with E-state index in [1.54, 1.807) is 30.2 Å². The van der Waals surface area contributed by atoms with Gasteiger partial charge in [-0.3, -0.25) is 10.0 Å². The van der Waals surface area contributed by atoms with Crippen molar-refractivity contribution in [1.29, 1.82) is 0 Å². The summed E-state index contributed by atoms with van der Waals surface area (Å²) in [6.07, 6.45) is 10.0. The SMILES string of the molecule is CCCCCC[N+]1=C(/C=C/C=C2\N(CCCS(=O)(=O)[O-])N=C(C)C2(C)CCCS(=O)(=O)[O-])C(C)(CCCS(=O)(=O)[O-])c2cc(SOO[O-])ccc21.[Na+].[Na+].[Na+]. The van der Waals surface area contributed by atoms with E-state index in [2.05, 4.69) is 26.0 Å². The maximum absolute atomic E-state index is 11.6. The summed E-state index contributed by atoms with van der Waals surface area (Å²) in [6, 6.07) is 5.49. The number of hydrogen-bond acceptors (Lipinski definition) is 15. The molecule has 0 saturated carbocycles. The average molecular weight is 862 g/mol. The van der Waals surface area contributed by atoms with Crippen LogP contribution in [0.2, 0.25) is 0 Å². The van der Waals surface area contributed by atoms with Gasteiger partial charge in [0.25, 0.3) is 0 Å². The number of hydrogen-bond donors (Lipinski definition) is 0. The molecule has 2 aliphatic rings. The molecule has 0 bridgehead atoms. The normalized spacial score (nSPS) is 20.9. The fraction of sp³-hybridized carbons (Fsp3) is 0.625. The first kappa shape index (κ1) is 54.8. The van der Waals surface area contributed by atoms with Crippen LogP contribution < -0.4 is 93.9 Å². The van der Waals surface area contributed by atoms with Gasteiger partial charge in [-0.25, -0.2) is 25.3 Å². The summed E-state index contributed by atoms with van der Waals surface area (Å²) in [4.78, 5) is 0.565.